The summed E-state index contributed by atoms with van der Waals surface area (Å²) in [5.74, 6) is -0.200. The van der Waals surface area contributed by atoms with Gasteiger partial charge < -0.3 is 4.57 Å². The van der Waals surface area contributed by atoms with Crippen molar-refractivity contribution in [2.24, 2.45) is 0 Å². The number of hydrogen-bond acceptors (Lipinski definition) is 0. The van der Waals surface area contributed by atoms with Gasteiger partial charge in [-0.15, -0.1) is 0 Å². The molecule has 0 aliphatic carbocycles. The fourth-order valence-electron chi connectivity index (χ4n) is 1.67. The average Bonchev–Trinajstić information content (AvgIpc) is 2.44. The molecule has 0 unspecified atom stereocenters. The van der Waals surface area contributed by atoms with Crippen LogP contribution in [-0.4, -0.2) is 4.57 Å². The standard InChI is InChI=1S/C11H10BrFIN/c1-6(2)15-5-10(14)8-3-7(13)4-9(12)11(8)15/h3-6H,1-2H3. The van der Waals surface area contributed by atoms with Gasteiger partial charge in [0, 0.05) is 25.7 Å². The Kier molecular flexibility index (Phi) is 3.07. The molecule has 0 atom stereocenters. The first-order chi connectivity index (χ1) is 7.00. The van der Waals surface area contributed by atoms with Gasteiger partial charge in [-0.2, -0.15) is 0 Å². The van der Waals surface area contributed by atoms with Gasteiger partial charge in [0.1, 0.15) is 5.82 Å². The Hall–Kier alpha value is -0.100. The normalized spacial score (nSPS) is 11.6. The Balaban J connectivity index is 2.87. The molecule has 0 fully saturated rings. The first kappa shape index (κ1) is 11.4. The van der Waals surface area contributed by atoms with E-state index >= 15 is 0 Å². The first-order valence-corrected chi connectivity index (χ1v) is 6.53. The molecule has 0 bridgehead atoms. The lowest BCUT2D eigenvalue weighted by molar-refractivity contribution is 0.617. The number of benzene rings is 1. The van der Waals surface area contributed by atoms with Crippen molar-refractivity contribution in [3.63, 3.8) is 0 Å². The summed E-state index contributed by atoms with van der Waals surface area (Å²) in [6.45, 7) is 4.23. The quantitative estimate of drug-likeness (QED) is 0.629. The molecule has 2 rings (SSSR count). The van der Waals surface area contributed by atoms with Crippen LogP contribution in [0, 0.1) is 9.39 Å². The minimum Gasteiger partial charge on any atom is -0.343 e. The second kappa shape index (κ2) is 4.05. The summed E-state index contributed by atoms with van der Waals surface area (Å²) in [5, 5.41) is 0.969. The number of nitrogens with zero attached hydrogens (tertiary/aromatic N) is 1. The molecule has 4 heteroatoms. The van der Waals surface area contributed by atoms with Crippen molar-refractivity contribution in [1.82, 2.24) is 4.57 Å². The third-order valence-corrected chi connectivity index (χ3v) is 3.82. The van der Waals surface area contributed by atoms with Crippen LogP contribution >= 0.6 is 38.5 Å². The monoisotopic (exact) mass is 381 g/mol. The van der Waals surface area contributed by atoms with Crippen LogP contribution in [-0.2, 0) is 0 Å². The van der Waals surface area contributed by atoms with E-state index < -0.39 is 0 Å². The largest absolute Gasteiger partial charge is 0.343 e. The number of halogens is 3. The van der Waals surface area contributed by atoms with Gasteiger partial charge in [-0.1, -0.05) is 0 Å². The molecule has 15 heavy (non-hydrogen) atoms. The van der Waals surface area contributed by atoms with Crippen LogP contribution in [0.1, 0.15) is 19.9 Å². The highest BCUT2D eigenvalue weighted by atomic mass is 127. The zero-order valence-electron chi connectivity index (χ0n) is 8.39. The summed E-state index contributed by atoms with van der Waals surface area (Å²) in [4.78, 5) is 0. The Morgan fingerprint density at radius 2 is 2.07 bits per heavy atom. The van der Waals surface area contributed by atoms with Crippen molar-refractivity contribution in [1.29, 1.82) is 0 Å². The predicted molar refractivity (Wildman–Crippen MR) is 72.7 cm³/mol. The zero-order chi connectivity index (χ0) is 11.2. The summed E-state index contributed by atoms with van der Waals surface area (Å²) in [6, 6.07) is 3.47. The fraction of sp³-hybridized carbons (Fsp3) is 0.273. The molecular weight excluding hydrogens is 372 g/mol. The molecule has 80 valence electrons. The molecule has 0 saturated carbocycles. The molecule has 0 saturated heterocycles. The van der Waals surface area contributed by atoms with E-state index in [1.807, 2.05) is 0 Å². The highest BCUT2D eigenvalue weighted by Gasteiger charge is 2.12. The second-order valence-corrected chi connectivity index (χ2v) is 5.78. The number of hydrogen-bond donors (Lipinski definition) is 0. The summed E-state index contributed by atoms with van der Waals surface area (Å²) in [5.41, 5.74) is 1.07. The summed E-state index contributed by atoms with van der Waals surface area (Å²) in [7, 11) is 0. The van der Waals surface area contributed by atoms with Gasteiger partial charge >= 0.3 is 0 Å². The SMILES string of the molecule is CC(C)n1cc(I)c2cc(F)cc(Br)c21. The maximum absolute atomic E-state index is 13.2. The molecule has 1 aromatic carbocycles. The molecule has 1 heterocycles. The Bertz CT molecular complexity index is 519. The number of aromatic nitrogens is 1. The van der Waals surface area contributed by atoms with Crippen molar-refractivity contribution >= 4 is 49.4 Å². The molecule has 2 aromatic rings. The van der Waals surface area contributed by atoms with Crippen LogP contribution in [0.5, 0.6) is 0 Å². The Labute approximate surface area is 110 Å². The first-order valence-electron chi connectivity index (χ1n) is 4.66. The third kappa shape index (κ3) is 1.93. The minimum atomic E-state index is -0.200. The van der Waals surface area contributed by atoms with Crippen LogP contribution in [0.25, 0.3) is 10.9 Å². The fourth-order valence-corrected chi connectivity index (χ4v) is 3.02. The average molecular weight is 382 g/mol. The van der Waals surface area contributed by atoms with Crippen molar-refractivity contribution in [3.05, 3.63) is 32.2 Å². The topological polar surface area (TPSA) is 4.93 Å². The van der Waals surface area contributed by atoms with E-state index in [1.165, 1.54) is 6.07 Å². The summed E-state index contributed by atoms with van der Waals surface area (Å²) >= 11 is 5.65. The van der Waals surface area contributed by atoms with Crippen LogP contribution in [0.2, 0.25) is 0 Å². The highest BCUT2D eigenvalue weighted by Crippen LogP contribution is 2.32. The predicted octanol–water partition coefficient (Wildman–Crippen LogP) is 4.73. The lowest BCUT2D eigenvalue weighted by Crippen LogP contribution is -1.98. The molecule has 0 aliphatic rings. The smallest absolute Gasteiger partial charge is 0.125 e. The highest BCUT2D eigenvalue weighted by molar-refractivity contribution is 14.1. The van der Waals surface area contributed by atoms with Crippen LogP contribution in [0.15, 0.2) is 22.8 Å². The van der Waals surface area contributed by atoms with E-state index in [0.717, 1.165) is 18.9 Å². The molecule has 1 aromatic heterocycles. The molecule has 0 aliphatic heterocycles. The van der Waals surface area contributed by atoms with Crippen LogP contribution in [0.3, 0.4) is 0 Å². The Morgan fingerprint density at radius 1 is 1.40 bits per heavy atom. The van der Waals surface area contributed by atoms with Gasteiger partial charge in [0.25, 0.3) is 0 Å². The maximum atomic E-state index is 13.2. The zero-order valence-corrected chi connectivity index (χ0v) is 12.1. The molecule has 0 radical (unpaired) electrons. The van der Waals surface area contributed by atoms with Crippen LogP contribution in [0.4, 0.5) is 4.39 Å². The maximum Gasteiger partial charge on any atom is 0.125 e. The van der Waals surface area contributed by atoms with Gasteiger partial charge in [-0.3, -0.25) is 0 Å². The Morgan fingerprint density at radius 3 is 2.67 bits per heavy atom. The minimum absolute atomic E-state index is 0.200. The lowest BCUT2D eigenvalue weighted by atomic mass is 10.2. The van der Waals surface area contributed by atoms with Gasteiger partial charge in [-0.25, -0.2) is 4.39 Å². The van der Waals surface area contributed by atoms with E-state index in [0.29, 0.717) is 6.04 Å². The van der Waals surface area contributed by atoms with Gasteiger partial charge in [-0.05, 0) is 64.5 Å². The van der Waals surface area contributed by atoms with Crippen molar-refractivity contribution < 1.29 is 4.39 Å². The second-order valence-electron chi connectivity index (χ2n) is 3.76. The van der Waals surface area contributed by atoms with E-state index in [4.69, 9.17) is 0 Å². The number of rotatable bonds is 1. The van der Waals surface area contributed by atoms with E-state index in [1.54, 1.807) is 6.07 Å². The van der Waals surface area contributed by atoms with Crippen LogP contribution < -0.4 is 0 Å². The van der Waals surface area contributed by atoms with Gasteiger partial charge in [0.15, 0.2) is 0 Å². The molecule has 0 N–H and O–H groups in total. The van der Waals surface area contributed by atoms with Crippen molar-refractivity contribution in [3.8, 4) is 0 Å². The lowest BCUT2D eigenvalue weighted by Gasteiger charge is -2.10. The van der Waals surface area contributed by atoms with Gasteiger partial charge in [0.2, 0.25) is 0 Å². The molecule has 0 amide bonds. The molecule has 0 spiro atoms. The number of fused-ring (bicyclic) bond motifs is 1. The van der Waals surface area contributed by atoms with Crippen molar-refractivity contribution in [2.45, 2.75) is 19.9 Å². The van der Waals surface area contributed by atoms with E-state index in [2.05, 4.69) is 63.1 Å². The molecule has 1 nitrogen and oxygen atoms in total. The van der Waals surface area contributed by atoms with E-state index in [-0.39, 0.29) is 5.82 Å². The summed E-state index contributed by atoms with van der Waals surface area (Å²) < 4.78 is 17.3. The van der Waals surface area contributed by atoms with E-state index in [9.17, 15) is 4.39 Å². The molecular formula is C11H10BrFIN. The third-order valence-electron chi connectivity index (χ3n) is 2.35. The van der Waals surface area contributed by atoms with Crippen molar-refractivity contribution in [2.75, 3.05) is 0 Å². The summed E-state index contributed by atoms with van der Waals surface area (Å²) in [6.07, 6.45) is 2.06. The van der Waals surface area contributed by atoms with Gasteiger partial charge in [0.05, 0.1) is 5.52 Å².